The van der Waals surface area contributed by atoms with E-state index >= 15 is 0 Å². The first-order chi connectivity index (χ1) is 17.9. The summed E-state index contributed by atoms with van der Waals surface area (Å²) >= 11 is 0. The van der Waals surface area contributed by atoms with Crippen LogP contribution in [0.2, 0.25) is 0 Å². The van der Waals surface area contributed by atoms with Gasteiger partial charge in [0.2, 0.25) is 17.7 Å². The molecule has 0 aliphatic carbocycles. The second-order valence-electron chi connectivity index (χ2n) is 10.5. The highest BCUT2D eigenvalue weighted by atomic mass is 16.5. The summed E-state index contributed by atoms with van der Waals surface area (Å²) in [4.78, 5) is 42.8. The largest absolute Gasteiger partial charge is 0.396 e. The molecule has 3 fully saturated rings. The molecule has 3 heterocycles. The summed E-state index contributed by atoms with van der Waals surface area (Å²) < 4.78 is 6.47. The van der Waals surface area contributed by atoms with Gasteiger partial charge in [0, 0.05) is 25.4 Å². The molecular formula is C29H35N3O5. The average molecular weight is 506 g/mol. The maximum atomic E-state index is 13.9. The Balaban J connectivity index is 1.43. The Bertz CT molecular complexity index is 1170. The van der Waals surface area contributed by atoms with Crippen LogP contribution in [0.5, 0.6) is 0 Å². The molecule has 2 unspecified atom stereocenters. The number of carbonyl (C=O) groups is 3. The lowest BCUT2D eigenvalue weighted by Gasteiger charge is -2.33. The Morgan fingerprint density at radius 2 is 1.78 bits per heavy atom. The fourth-order valence-corrected chi connectivity index (χ4v) is 6.49. The molecule has 0 radical (unpaired) electrons. The summed E-state index contributed by atoms with van der Waals surface area (Å²) in [6.07, 6.45) is 1.88. The van der Waals surface area contributed by atoms with Crippen molar-refractivity contribution < 1.29 is 24.2 Å². The van der Waals surface area contributed by atoms with E-state index in [0.29, 0.717) is 38.8 Å². The van der Waals surface area contributed by atoms with E-state index < -0.39 is 23.5 Å². The quantitative estimate of drug-likeness (QED) is 0.454. The monoisotopic (exact) mass is 505 g/mol. The first-order valence-electron chi connectivity index (χ1n) is 13.2. The molecular weight excluding hydrogens is 470 g/mol. The number of nitrogens with zero attached hydrogens (tertiary/aromatic N) is 1. The molecule has 8 heteroatoms. The third-order valence-electron chi connectivity index (χ3n) is 8.20. The van der Waals surface area contributed by atoms with E-state index in [1.54, 1.807) is 4.90 Å². The smallest absolute Gasteiger partial charge is 0.250 e. The van der Waals surface area contributed by atoms with E-state index in [1.807, 2.05) is 62.4 Å². The minimum absolute atomic E-state index is 0.0129. The van der Waals surface area contributed by atoms with Gasteiger partial charge < -0.3 is 25.4 Å². The predicted octanol–water partition coefficient (Wildman–Crippen LogP) is 2.71. The molecule has 0 saturated carbocycles. The van der Waals surface area contributed by atoms with Gasteiger partial charge in [-0.15, -0.1) is 0 Å². The Hall–Kier alpha value is -3.23. The number of carbonyl (C=O) groups excluding carboxylic acids is 3. The predicted molar refractivity (Wildman–Crippen MR) is 138 cm³/mol. The number of anilines is 1. The standard InChI is InChI=1S/C29H35N3O5/c1-18-9-8-10-19(2)24(18)31-27(35)25-29-14-13-21(37-29)22(23(29)28(36)32(25)15-6-7-16-33)26(34)30-17-20-11-4-3-5-12-20/h3-5,8-12,21-23,25,33H,6-7,13-17H2,1-2H3,(H,30,34)(H,31,35)/t21-,22+,23+,25?,29?/m1/s1. The molecule has 3 aliphatic rings. The van der Waals surface area contributed by atoms with E-state index in [4.69, 9.17) is 4.74 Å². The molecule has 196 valence electrons. The topological polar surface area (TPSA) is 108 Å². The molecule has 5 atom stereocenters. The van der Waals surface area contributed by atoms with Crippen LogP contribution in [0.1, 0.15) is 42.4 Å². The minimum atomic E-state index is -1.03. The van der Waals surface area contributed by atoms with Gasteiger partial charge in [-0.25, -0.2) is 0 Å². The molecule has 8 nitrogen and oxygen atoms in total. The number of aliphatic hydroxyl groups is 1. The van der Waals surface area contributed by atoms with E-state index in [2.05, 4.69) is 10.6 Å². The zero-order valence-corrected chi connectivity index (χ0v) is 21.4. The van der Waals surface area contributed by atoms with Crippen LogP contribution in [-0.2, 0) is 25.7 Å². The Morgan fingerprint density at radius 3 is 2.49 bits per heavy atom. The van der Waals surface area contributed by atoms with Crippen molar-refractivity contribution in [2.75, 3.05) is 18.5 Å². The number of hydrogen-bond donors (Lipinski definition) is 3. The van der Waals surface area contributed by atoms with E-state index in [9.17, 15) is 19.5 Å². The number of aryl methyl sites for hydroxylation is 2. The van der Waals surface area contributed by atoms with Crippen LogP contribution in [-0.4, -0.2) is 58.6 Å². The van der Waals surface area contributed by atoms with Crippen molar-refractivity contribution in [2.45, 2.75) is 63.8 Å². The summed E-state index contributed by atoms with van der Waals surface area (Å²) in [6.45, 7) is 4.59. The third-order valence-corrected chi connectivity index (χ3v) is 8.20. The molecule has 2 aromatic rings. The highest BCUT2D eigenvalue weighted by Crippen LogP contribution is 2.58. The summed E-state index contributed by atoms with van der Waals surface area (Å²) in [5, 5.41) is 15.4. The van der Waals surface area contributed by atoms with Gasteiger partial charge in [0.05, 0.1) is 17.9 Å². The lowest BCUT2D eigenvalue weighted by atomic mass is 9.70. The van der Waals surface area contributed by atoms with Gasteiger partial charge in [-0.1, -0.05) is 48.5 Å². The number of aliphatic hydroxyl groups excluding tert-OH is 1. The zero-order chi connectivity index (χ0) is 26.2. The van der Waals surface area contributed by atoms with Crippen molar-refractivity contribution in [3.05, 3.63) is 65.2 Å². The Kier molecular flexibility index (Phi) is 7.05. The highest BCUT2D eigenvalue weighted by molar-refractivity contribution is 6.04. The number of unbranched alkanes of at least 4 members (excludes halogenated alkanes) is 1. The second kappa shape index (κ2) is 10.3. The molecule has 3 N–H and O–H groups in total. The number of hydrogen-bond acceptors (Lipinski definition) is 5. The van der Waals surface area contributed by atoms with Crippen LogP contribution >= 0.6 is 0 Å². The van der Waals surface area contributed by atoms with Crippen LogP contribution in [0.15, 0.2) is 48.5 Å². The van der Waals surface area contributed by atoms with Crippen LogP contribution in [0, 0.1) is 25.7 Å². The molecule has 1 spiro atoms. The molecule has 2 aromatic carbocycles. The first kappa shape index (κ1) is 25.4. The van der Waals surface area contributed by atoms with Gasteiger partial charge in [0.25, 0.3) is 0 Å². The van der Waals surface area contributed by atoms with Crippen molar-refractivity contribution in [2.24, 2.45) is 11.8 Å². The van der Waals surface area contributed by atoms with Gasteiger partial charge >= 0.3 is 0 Å². The second-order valence-corrected chi connectivity index (χ2v) is 10.5. The van der Waals surface area contributed by atoms with Crippen LogP contribution < -0.4 is 10.6 Å². The maximum Gasteiger partial charge on any atom is 0.250 e. The van der Waals surface area contributed by atoms with Crippen molar-refractivity contribution in [1.82, 2.24) is 10.2 Å². The van der Waals surface area contributed by atoms with E-state index in [-0.39, 0.29) is 30.4 Å². The summed E-state index contributed by atoms with van der Waals surface area (Å²) in [7, 11) is 0. The highest BCUT2D eigenvalue weighted by Gasteiger charge is 2.74. The van der Waals surface area contributed by atoms with Gasteiger partial charge in [-0.3, -0.25) is 14.4 Å². The number of para-hydroxylation sites is 1. The summed E-state index contributed by atoms with van der Waals surface area (Å²) in [5.41, 5.74) is 2.56. The van der Waals surface area contributed by atoms with Crippen LogP contribution in [0.4, 0.5) is 5.69 Å². The molecule has 37 heavy (non-hydrogen) atoms. The molecule has 5 rings (SSSR count). The molecule has 3 saturated heterocycles. The molecule has 3 aliphatic heterocycles. The Labute approximate surface area is 217 Å². The van der Waals surface area contributed by atoms with Crippen molar-refractivity contribution in [3.8, 4) is 0 Å². The summed E-state index contributed by atoms with van der Waals surface area (Å²) in [6, 6.07) is 14.6. The van der Waals surface area contributed by atoms with E-state index in [0.717, 1.165) is 22.4 Å². The SMILES string of the molecule is Cc1cccc(C)c1NC(=O)C1N(CCCCO)C(=O)[C@@H]2[C@@H](C(=O)NCc3ccccc3)[C@H]3CCC12O3. The molecule has 2 bridgehead atoms. The normalized spacial score (nSPS) is 27.9. The van der Waals surface area contributed by atoms with Gasteiger partial charge in [0.1, 0.15) is 11.6 Å². The van der Waals surface area contributed by atoms with Crippen molar-refractivity contribution >= 4 is 23.4 Å². The van der Waals surface area contributed by atoms with Crippen LogP contribution in [0.3, 0.4) is 0 Å². The fraction of sp³-hybridized carbons (Fsp3) is 0.483. The number of benzene rings is 2. The average Bonchev–Trinajstić information content (AvgIpc) is 3.53. The fourth-order valence-electron chi connectivity index (χ4n) is 6.49. The van der Waals surface area contributed by atoms with E-state index in [1.165, 1.54) is 0 Å². The van der Waals surface area contributed by atoms with Gasteiger partial charge in [-0.2, -0.15) is 0 Å². The maximum absolute atomic E-state index is 13.9. The number of amides is 3. The number of nitrogens with one attached hydrogen (secondary N) is 2. The zero-order valence-electron chi connectivity index (χ0n) is 21.4. The van der Waals surface area contributed by atoms with Crippen molar-refractivity contribution in [1.29, 1.82) is 0 Å². The Morgan fingerprint density at radius 1 is 1.05 bits per heavy atom. The van der Waals surface area contributed by atoms with Gasteiger partial charge in [0.15, 0.2) is 0 Å². The van der Waals surface area contributed by atoms with Gasteiger partial charge in [-0.05, 0) is 56.2 Å². The third kappa shape index (κ3) is 4.42. The van der Waals surface area contributed by atoms with Crippen LogP contribution in [0.25, 0.3) is 0 Å². The number of likely N-dealkylation sites (tertiary alicyclic amines) is 1. The number of rotatable bonds is 9. The molecule has 3 amide bonds. The summed E-state index contributed by atoms with van der Waals surface area (Å²) in [5.74, 6) is -2.04. The molecule has 0 aromatic heterocycles. The minimum Gasteiger partial charge on any atom is -0.396 e. The lowest BCUT2D eigenvalue weighted by molar-refractivity contribution is -0.141. The van der Waals surface area contributed by atoms with Crippen molar-refractivity contribution in [3.63, 3.8) is 0 Å². The number of ether oxygens (including phenoxy) is 1. The lowest BCUT2D eigenvalue weighted by Crippen LogP contribution is -2.53. The first-order valence-corrected chi connectivity index (χ1v) is 13.2. The number of fused-ring (bicyclic) bond motifs is 1.